The maximum absolute atomic E-state index is 9.72. The van der Waals surface area contributed by atoms with Crippen molar-refractivity contribution in [2.75, 3.05) is 33.9 Å². The van der Waals surface area contributed by atoms with Gasteiger partial charge in [-0.15, -0.1) is 0 Å². The fraction of sp³-hybridized carbons (Fsp3) is 1.00. The fourth-order valence-electron chi connectivity index (χ4n) is 3.26. The Balaban J connectivity index is 1.88. The molecule has 0 amide bonds. The third-order valence-electron chi connectivity index (χ3n) is 4.70. The lowest BCUT2D eigenvalue weighted by molar-refractivity contribution is -0.00461. The van der Waals surface area contributed by atoms with Gasteiger partial charge in [-0.3, -0.25) is 4.90 Å². The summed E-state index contributed by atoms with van der Waals surface area (Å²) in [6.07, 6.45) is 3.72. The van der Waals surface area contributed by atoms with Crippen molar-refractivity contribution in [3.05, 3.63) is 0 Å². The van der Waals surface area contributed by atoms with Gasteiger partial charge in [0.15, 0.2) is 0 Å². The first-order valence-corrected chi connectivity index (χ1v) is 7.69. The van der Waals surface area contributed by atoms with E-state index < -0.39 is 0 Å². The van der Waals surface area contributed by atoms with Crippen molar-refractivity contribution in [1.29, 1.82) is 0 Å². The highest BCUT2D eigenvalue weighted by Gasteiger charge is 2.39. The van der Waals surface area contributed by atoms with E-state index in [9.17, 15) is 5.11 Å². The molecule has 4 unspecified atom stereocenters. The molecule has 0 bridgehead atoms. The van der Waals surface area contributed by atoms with Crippen LogP contribution in [0.4, 0.5) is 0 Å². The summed E-state index contributed by atoms with van der Waals surface area (Å²) in [7, 11) is 3.49. The molecule has 0 radical (unpaired) electrons. The molecule has 5 nitrogen and oxygen atoms in total. The Morgan fingerprint density at radius 2 is 1.80 bits per heavy atom. The molecule has 0 aromatic rings. The zero-order valence-electron chi connectivity index (χ0n) is 13.3. The van der Waals surface area contributed by atoms with Crippen LogP contribution in [-0.4, -0.2) is 73.8 Å². The standard InChI is InChI=1S/C15H30N2O3/c1-11(7-15(2,10-18)16-12-5-6-12)17-8-13(19-3)14(9-17)20-4/h11-14,16,18H,5-10H2,1-4H3. The minimum absolute atomic E-state index is 0.152. The fourth-order valence-corrected chi connectivity index (χ4v) is 3.26. The summed E-state index contributed by atoms with van der Waals surface area (Å²) in [5, 5.41) is 13.3. The van der Waals surface area contributed by atoms with Gasteiger partial charge in [0.1, 0.15) is 0 Å². The molecule has 1 aliphatic carbocycles. The quantitative estimate of drug-likeness (QED) is 0.685. The Bertz CT molecular complexity index is 299. The number of hydrogen-bond acceptors (Lipinski definition) is 5. The topological polar surface area (TPSA) is 54.0 Å². The molecular formula is C15H30N2O3. The Morgan fingerprint density at radius 1 is 1.25 bits per heavy atom. The number of likely N-dealkylation sites (tertiary alicyclic amines) is 1. The first-order valence-electron chi connectivity index (χ1n) is 7.69. The molecule has 4 atom stereocenters. The van der Waals surface area contributed by atoms with E-state index in [1.807, 2.05) is 0 Å². The number of ether oxygens (including phenoxy) is 2. The van der Waals surface area contributed by atoms with Crippen molar-refractivity contribution in [2.24, 2.45) is 0 Å². The SMILES string of the molecule is COC1CN(C(C)CC(C)(CO)NC2CC2)CC1OC. The maximum Gasteiger partial charge on any atom is 0.0971 e. The molecule has 1 saturated carbocycles. The first-order chi connectivity index (χ1) is 9.51. The average Bonchev–Trinajstić information content (AvgIpc) is 3.13. The van der Waals surface area contributed by atoms with Crippen LogP contribution in [0.1, 0.15) is 33.1 Å². The minimum Gasteiger partial charge on any atom is -0.394 e. The molecule has 0 spiro atoms. The number of hydrogen-bond donors (Lipinski definition) is 2. The van der Waals surface area contributed by atoms with Crippen LogP contribution in [0.2, 0.25) is 0 Å². The van der Waals surface area contributed by atoms with Crippen LogP contribution in [0.25, 0.3) is 0 Å². The van der Waals surface area contributed by atoms with Gasteiger partial charge in [0.05, 0.1) is 18.8 Å². The monoisotopic (exact) mass is 286 g/mol. The lowest BCUT2D eigenvalue weighted by Gasteiger charge is -2.35. The molecule has 2 fully saturated rings. The van der Waals surface area contributed by atoms with Gasteiger partial charge >= 0.3 is 0 Å². The minimum atomic E-state index is -0.186. The zero-order chi connectivity index (χ0) is 14.8. The normalized spacial score (nSPS) is 32.2. The Labute approximate surface area is 122 Å². The van der Waals surface area contributed by atoms with E-state index in [0.29, 0.717) is 12.1 Å². The van der Waals surface area contributed by atoms with Crippen molar-refractivity contribution in [3.63, 3.8) is 0 Å². The second-order valence-electron chi connectivity index (χ2n) is 6.69. The smallest absolute Gasteiger partial charge is 0.0971 e. The molecular weight excluding hydrogens is 256 g/mol. The van der Waals surface area contributed by atoms with Gasteiger partial charge in [-0.25, -0.2) is 0 Å². The number of nitrogens with zero attached hydrogens (tertiary/aromatic N) is 1. The molecule has 1 aliphatic heterocycles. The van der Waals surface area contributed by atoms with Crippen molar-refractivity contribution in [3.8, 4) is 0 Å². The number of rotatable bonds is 8. The second-order valence-corrected chi connectivity index (χ2v) is 6.69. The highest BCUT2D eigenvalue weighted by atomic mass is 16.5. The Kier molecular flexibility index (Phi) is 5.42. The van der Waals surface area contributed by atoms with Gasteiger partial charge in [-0.1, -0.05) is 0 Å². The van der Waals surface area contributed by atoms with Crippen LogP contribution in [0.15, 0.2) is 0 Å². The van der Waals surface area contributed by atoms with Gasteiger partial charge in [0.2, 0.25) is 0 Å². The molecule has 1 heterocycles. The zero-order valence-corrected chi connectivity index (χ0v) is 13.3. The first kappa shape index (κ1) is 16.2. The summed E-state index contributed by atoms with van der Waals surface area (Å²) in [6, 6.07) is 1.01. The van der Waals surface area contributed by atoms with E-state index in [2.05, 4.69) is 24.1 Å². The molecule has 2 N–H and O–H groups in total. The van der Waals surface area contributed by atoms with E-state index >= 15 is 0 Å². The highest BCUT2D eigenvalue weighted by molar-refractivity contribution is 4.96. The predicted molar refractivity (Wildman–Crippen MR) is 78.9 cm³/mol. The predicted octanol–water partition coefficient (Wildman–Crippen LogP) is 0.614. The van der Waals surface area contributed by atoms with Gasteiger partial charge in [0.25, 0.3) is 0 Å². The Morgan fingerprint density at radius 3 is 2.20 bits per heavy atom. The molecule has 118 valence electrons. The van der Waals surface area contributed by atoms with Crippen LogP contribution < -0.4 is 5.32 Å². The van der Waals surface area contributed by atoms with Gasteiger partial charge in [-0.05, 0) is 33.1 Å². The summed E-state index contributed by atoms with van der Waals surface area (Å²) in [5.41, 5.74) is -0.186. The van der Waals surface area contributed by atoms with E-state index in [4.69, 9.17) is 9.47 Å². The van der Waals surface area contributed by atoms with Crippen molar-refractivity contribution >= 4 is 0 Å². The third kappa shape index (κ3) is 3.92. The summed E-state index contributed by atoms with van der Waals surface area (Å²) in [6.45, 7) is 6.35. The number of methoxy groups -OCH3 is 2. The lowest BCUT2D eigenvalue weighted by Crippen LogP contribution is -2.51. The van der Waals surface area contributed by atoms with E-state index in [0.717, 1.165) is 19.5 Å². The average molecular weight is 286 g/mol. The van der Waals surface area contributed by atoms with Crippen molar-refractivity contribution < 1.29 is 14.6 Å². The van der Waals surface area contributed by atoms with Crippen LogP contribution in [0.5, 0.6) is 0 Å². The number of aliphatic hydroxyl groups is 1. The van der Waals surface area contributed by atoms with Crippen LogP contribution >= 0.6 is 0 Å². The molecule has 2 rings (SSSR count). The van der Waals surface area contributed by atoms with E-state index in [1.54, 1.807) is 14.2 Å². The molecule has 5 heteroatoms. The molecule has 0 aromatic carbocycles. The summed E-state index contributed by atoms with van der Waals surface area (Å²) >= 11 is 0. The van der Waals surface area contributed by atoms with Crippen LogP contribution in [-0.2, 0) is 9.47 Å². The van der Waals surface area contributed by atoms with Gasteiger partial charge < -0.3 is 19.9 Å². The van der Waals surface area contributed by atoms with Crippen molar-refractivity contribution in [1.82, 2.24) is 10.2 Å². The maximum atomic E-state index is 9.72. The number of aliphatic hydroxyl groups excluding tert-OH is 1. The molecule has 1 saturated heterocycles. The van der Waals surface area contributed by atoms with Crippen LogP contribution in [0, 0.1) is 0 Å². The third-order valence-corrected chi connectivity index (χ3v) is 4.70. The van der Waals surface area contributed by atoms with Gasteiger partial charge in [0, 0.05) is 44.9 Å². The second kappa shape index (κ2) is 6.71. The Hall–Kier alpha value is -0.200. The molecule has 2 aliphatic rings. The van der Waals surface area contributed by atoms with Gasteiger partial charge in [-0.2, -0.15) is 0 Å². The van der Waals surface area contributed by atoms with E-state index in [1.165, 1.54) is 12.8 Å². The summed E-state index contributed by atoms with van der Waals surface area (Å²) in [5.74, 6) is 0. The lowest BCUT2D eigenvalue weighted by atomic mass is 9.93. The summed E-state index contributed by atoms with van der Waals surface area (Å²) in [4.78, 5) is 2.41. The molecule has 0 aromatic heterocycles. The van der Waals surface area contributed by atoms with Crippen molar-refractivity contribution in [2.45, 2.75) is 62.9 Å². The van der Waals surface area contributed by atoms with Crippen LogP contribution in [0.3, 0.4) is 0 Å². The number of nitrogens with one attached hydrogen (secondary N) is 1. The molecule has 20 heavy (non-hydrogen) atoms. The summed E-state index contributed by atoms with van der Waals surface area (Å²) < 4.78 is 11.0. The van der Waals surface area contributed by atoms with E-state index in [-0.39, 0.29) is 24.4 Å². The largest absolute Gasteiger partial charge is 0.394 e. The highest BCUT2D eigenvalue weighted by Crippen LogP contribution is 2.27.